The number of guanidine groups is 1. The molecule has 0 aliphatic carbocycles. The fraction of sp³-hybridized carbons (Fsp3) is 0.682. The molecule has 0 amide bonds. The molecule has 6 nitrogen and oxygen atoms in total. The molecule has 1 aromatic carbocycles. The second-order valence-corrected chi connectivity index (χ2v) is 7.79. The number of aliphatic imine (C=N–C) groups is 1. The molecule has 164 valence electrons. The van der Waals surface area contributed by atoms with Crippen LogP contribution in [0.5, 0.6) is 0 Å². The van der Waals surface area contributed by atoms with Gasteiger partial charge in [0.2, 0.25) is 0 Å². The molecule has 3 rings (SSSR count). The molecular formula is C22H37IN4O2. The molecule has 0 bridgehead atoms. The number of benzene rings is 1. The maximum Gasteiger partial charge on any atom is 0.191 e. The van der Waals surface area contributed by atoms with Gasteiger partial charge in [0.1, 0.15) is 0 Å². The molecule has 1 aromatic rings. The van der Waals surface area contributed by atoms with Crippen LogP contribution < -0.4 is 10.6 Å². The van der Waals surface area contributed by atoms with Gasteiger partial charge < -0.3 is 20.1 Å². The van der Waals surface area contributed by atoms with Gasteiger partial charge in [-0.05, 0) is 37.8 Å². The number of rotatable bonds is 10. The Morgan fingerprint density at radius 2 is 2.10 bits per heavy atom. The molecule has 0 radical (unpaired) electrons. The van der Waals surface area contributed by atoms with Crippen LogP contribution in [0.15, 0.2) is 35.3 Å². The lowest BCUT2D eigenvalue weighted by Gasteiger charge is -2.25. The van der Waals surface area contributed by atoms with Crippen molar-refractivity contribution in [3.8, 4) is 0 Å². The van der Waals surface area contributed by atoms with Crippen molar-refractivity contribution >= 4 is 29.9 Å². The van der Waals surface area contributed by atoms with E-state index in [4.69, 9.17) is 9.47 Å². The average Bonchev–Trinajstić information content (AvgIpc) is 3.40. The summed E-state index contributed by atoms with van der Waals surface area (Å²) in [7, 11) is 1.84. The van der Waals surface area contributed by atoms with E-state index in [0.29, 0.717) is 12.0 Å². The van der Waals surface area contributed by atoms with Crippen molar-refractivity contribution in [1.29, 1.82) is 0 Å². The highest BCUT2D eigenvalue weighted by atomic mass is 127. The van der Waals surface area contributed by atoms with Gasteiger partial charge >= 0.3 is 0 Å². The number of hydrogen-bond acceptors (Lipinski definition) is 4. The summed E-state index contributed by atoms with van der Waals surface area (Å²) in [4.78, 5) is 6.94. The molecule has 2 N–H and O–H groups in total. The largest absolute Gasteiger partial charge is 0.381 e. The summed E-state index contributed by atoms with van der Waals surface area (Å²) < 4.78 is 11.1. The summed E-state index contributed by atoms with van der Waals surface area (Å²) >= 11 is 0. The molecule has 2 fully saturated rings. The summed E-state index contributed by atoms with van der Waals surface area (Å²) in [5.74, 6) is 1.48. The van der Waals surface area contributed by atoms with E-state index in [1.807, 2.05) is 7.05 Å². The monoisotopic (exact) mass is 516 g/mol. The minimum atomic E-state index is 0. The van der Waals surface area contributed by atoms with Gasteiger partial charge in [-0.15, -0.1) is 24.0 Å². The third kappa shape index (κ3) is 8.78. The molecular weight excluding hydrogens is 479 g/mol. The van der Waals surface area contributed by atoms with Gasteiger partial charge in [0.05, 0.1) is 13.2 Å². The van der Waals surface area contributed by atoms with E-state index in [1.165, 1.54) is 24.9 Å². The van der Waals surface area contributed by atoms with Crippen molar-refractivity contribution in [1.82, 2.24) is 15.5 Å². The lowest BCUT2D eigenvalue weighted by Crippen LogP contribution is -2.45. The maximum atomic E-state index is 5.76. The van der Waals surface area contributed by atoms with E-state index in [1.54, 1.807) is 0 Å². The molecule has 7 heteroatoms. The second-order valence-electron chi connectivity index (χ2n) is 7.79. The maximum absolute atomic E-state index is 5.76. The van der Waals surface area contributed by atoms with Crippen LogP contribution in [0.25, 0.3) is 0 Å². The topological polar surface area (TPSA) is 58.1 Å². The van der Waals surface area contributed by atoms with Crippen molar-refractivity contribution in [2.45, 2.75) is 38.3 Å². The van der Waals surface area contributed by atoms with Crippen molar-refractivity contribution in [3.63, 3.8) is 0 Å². The van der Waals surface area contributed by atoms with Crippen LogP contribution in [-0.4, -0.2) is 70.0 Å². The SMILES string of the molecule is CN=C(NCCCOCC1CCOC1)NCC1CCCN1Cc1ccccc1.I. The molecule has 0 saturated carbocycles. The Kier molecular flexibility index (Phi) is 11.9. The summed E-state index contributed by atoms with van der Waals surface area (Å²) in [6, 6.07) is 11.3. The number of hydrogen-bond donors (Lipinski definition) is 2. The molecule has 29 heavy (non-hydrogen) atoms. The molecule has 2 unspecified atom stereocenters. The number of nitrogens with zero attached hydrogens (tertiary/aromatic N) is 2. The Morgan fingerprint density at radius 3 is 2.86 bits per heavy atom. The summed E-state index contributed by atoms with van der Waals surface area (Å²) in [6.07, 6.45) is 4.64. The highest BCUT2D eigenvalue weighted by Gasteiger charge is 2.24. The Balaban J connectivity index is 0.00000300. The Hall–Kier alpha value is -0.900. The zero-order valence-electron chi connectivity index (χ0n) is 17.6. The van der Waals surface area contributed by atoms with Crippen LogP contribution in [-0.2, 0) is 16.0 Å². The predicted octanol–water partition coefficient (Wildman–Crippen LogP) is 2.88. The first-order chi connectivity index (χ1) is 13.8. The Bertz CT molecular complexity index is 581. The molecule has 0 spiro atoms. The number of likely N-dealkylation sites (tertiary alicyclic amines) is 1. The smallest absolute Gasteiger partial charge is 0.191 e. The van der Waals surface area contributed by atoms with E-state index >= 15 is 0 Å². The van der Waals surface area contributed by atoms with Gasteiger partial charge in [-0.2, -0.15) is 0 Å². The fourth-order valence-corrected chi connectivity index (χ4v) is 3.93. The number of ether oxygens (including phenoxy) is 2. The van der Waals surface area contributed by atoms with E-state index in [0.717, 1.165) is 64.9 Å². The van der Waals surface area contributed by atoms with Crippen molar-refractivity contribution < 1.29 is 9.47 Å². The quantitative estimate of drug-likeness (QED) is 0.217. The van der Waals surface area contributed by atoms with Gasteiger partial charge in [-0.3, -0.25) is 9.89 Å². The Morgan fingerprint density at radius 1 is 1.24 bits per heavy atom. The molecule has 2 atom stereocenters. The minimum absolute atomic E-state index is 0. The zero-order valence-corrected chi connectivity index (χ0v) is 20.0. The molecule has 2 aliphatic heterocycles. The zero-order chi connectivity index (χ0) is 19.4. The second kappa shape index (κ2) is 14.2. The molecule has 2 saturated heterocycles. The molecule has 2 aliphatic rings. The Labute approximate surface area is 192 Å². The highest BCUT2D eigenvalue weighted by molar-refractivity contribution is 14.0. The minimum Gasteiger partial charge on any atom is -0.381 e. The first-order valence-corrected chi connectivity index (χ1v) is 10.7. The first kappa shape index (κ1) is 24.4. The standard InChI is InChI=1S/C22H36N4O2.HI/c1-23-22(24-11-6-13-27-17-20-10-14-28-18-20)25-15-21-9-5-12-26(21)16-19-7-3-2-4-8-19;/h2-4,7-8,20-21H,5-6,9-18H2,1H3,(H2,23,24,25);1H. The number of nitrogens with one attached hydrogen (secondary N) is 2. The van der Waals surface area contributed by atoms with Gasteiger partial charge in [0.15, 0.2) is 5.96 Å². The van der Waals surface area contributed by atoms with Gasteiger partial charge in [0.25, 0.3) is 0 Å². The van der Waals surface area contributed by atoms with Crippen LogP contribution in [0.1, 0.15) is 31.2 Å². The fourth-order valence-electron chi connectivity index (χ4n) is 3.93. The van der Waals surface area contributed by atoms with Crippen LogP contribution in [0.2, 0.25) is 0 Å². The van der Waals surface area contributed by atoms with Gasteiger partial charge in [-0.1, -0.05) is 30.3 Å². The molecule has 0 aromatic heterocycles. The summed E-state index contributed by atoms with van der Waals surface area (Å²) in [5, 5.41) is 6.90. The first-order valence-electron chi connectivity index (χ1n) is 10.7. The van der Waals surface area contributed by atoms with Crippen molar-refractivity contribution in [3.05, 3.63) is 35.9 Å². The van der Waals surface area contributed by atoms with E-state index in [-0.39, 0.29) is 24.0 Å². The van der Waals surface area contributed by atoms with E-state index in [9.17, 15) is 0 Å². The lowest BCUT2D eigenvalue weighted by atomic mass is 10.1. The summed E-state index contributed by atoms with van der Waals surface area (Å²) in [5.41, 5.74) is 1.39. The number of halogens is 1. The van der Waals surface area contributed by atoms with Crippen LogP contribution in [0, 0.1) is 5.92 Å². The van der Waals surface area contributed by atoms with Gasteiger partial charge in [0, 0.05) is 51.9 Å². The summed E-state index contributed by atoms with van der Waals surface area (Å²) in [6.45, 7) is 7.38. The van der Waals surface area contributed by atoms with Crippen LogP contribution in [0.4, 0.5) is 0 Å². The van der Waals surface area contributed by atoms with E-state index in [2.05, 4.69) is 50.9 Å². The van der Waals surface area contributed by atoms with Crippen LogP contribution >= 0.6 is 24.0 Å². The van der Waals surface area contributed by atoms with Gasteiger partial charge in [-0.25, -0.2) is 0 Å². The third-order valence-electron chi connectivity index (χ3n) is 5.59. The van der Waals surface area contributed by atoms with Crippen LogP contribution in [0.3, 0.4) is 0 Å². The van der Waals surface area contributed by atoms with E-state index < -0.39 is 0 Å². The third-order valence-corrected chi connectivity index (χ3v) is 5.59. The molecule has 2 heterocycles. The normalized spacial score (nSPS) is 22.4. The van der Waals surface area contributed by atoms with Crippen molar-refractivity contribution in [2.75, 3.05) is 53.1 Å². The van der Waals surface area contributed by atoms with Crippen molar-refractivity contribution in [2.24, 2.45) is 10.9 Å². The average molecular weight is 516 g/mol. The lowest BCUT2D eigenvalue weighted by molar-refractivity contribution is 0.0888. The predicted molar refractivity (Wildman–Crippen MR) is 129 cm³/mol. The highest BCUT2D eigenvalue weighted by Crippen LogP contribution is 2.19.